The molecule has 0 unspecified atom stereocenters. The van der Waals surface area contributed by atoms with Crippen molar-refractivity contribution in [1.82, 2.24) is 9.88 Å². The molecular formula is C27H27N3O3S2. The first-order valence-electron chi connectivity index (χ1n) is 11.7. The van der Waals surface area contributed by atoms with Crippen LogP contribution < -0.4 is 9.47 Å². The number of amidine groups is 1. The van der Waals surface area contributed by atoms with Crippen molar-refractivity contribution in [3.05, 3.63) is 64.4 Å². The number of hydrogen-bond acceptors (Lipinski definition) is 7. The Kier molecular flexibility index (Phi) is 7.20. The highest BCUT2D eigenvalue weighted by Gasteiger charge is 2.39. The minimum Gasteiger partial charge on any atom is -0.493 e. The average Bonchev–Trinajstić information content (AvgIpc) is 3.49. The van der Waals surface area contributed by atoms with Gasteiger partial charge < -0.3 is 9.47 Å². The van der Waals surface area contributed by atoms with Gasteiger partial charge in [-0.3, -0.25) is 9.69 Å². The monoisotopic (exact) mass is 505 g/mol. The SMILES string of the molecule is COc1ccc(/C=C2\S/C(=N/c3nc(-c4ccccc4)cs3)N(C3CCCCC3)C2=O)cc1OC. The maximum Gasteiger partial charge on any atom is 0.267 e. The van der Waals surface area contributed by atoms with E-state index in [2.05, 4.69) is 0 Å². The lowest BCUT2D eigenvalue weighted by atomic mass is 9.94. The lowest BCUT2D eigenvalue weighted by Gasteiger charge is -2.30. The number of thioether (sulfide) groups is 1. The van der Waals surface area contributed by atoms with E-state index in [0.29, 0.717) is 26.7 Å². The molecule has 0 bridgehead atoms. The molecule has 0 radical (unpaired) electrons. The first-order valence-corrected chi connectivity index (χ1v) is 13.4. The molecule has 0 N–H and O–H groups in total. The summed E-state index contributed by atoms with van der Waals surface area (Å²) < 4.78 is 10.8. The average molecular weight is 506 g/mol. The van der Waals surface area contributed by atoms with E-state index in [1.165, 1.54) is 29.5 Å². The van der Waals surface area contributed by atoms with E-state index in [0.717, 1.165) is 42.5 Å². The van der Waals surface area contributed by atoms with Crippen LogP contribution in [0.4, 0.5) is 5.13 Å². The summed E-state index contributed by atoms with van der Waals surface area (Å²) in [5.41, 5.74) is 2.84. The van der Waals surface area contributed by atoms with E-state index >= 15 is 0 Å². The molecule has 0 atom stereocenters. The third-order valence-electron chi connectivity index (χ3n) is 6.24. The number of aromatic nitrogens is 1. The van der Waals surface area contributed by atoms with Gasteiger partial charge in [0, 0.05) is 17.0 Å². The topological polar surface area (TPSA) is 64.0 Å². The van der Waals surface area contributed by atoms with E-state index < -0.39 is 0 Å². The van der Waals surface area contributed by atoms with Gasteiger partial charge in [-0.15, -0.1) is 11.3 Å². The fourth-order valence-corrected chi connectivity index (χ4v) is 6.25. The molecule has 5 rings (SSSR count). The van der Waals surface area contributed by atoms with Crippen LogP contribution in [0.15, 0.2) is 63.8 Å². The van der Waals surface area contributed by atoms with Gasteiger partial charge in [0.15, 0.2) is 16.7 Å². The van der Waals surface area contributed by atoms with E-state index in [1.54, 1.807) is 14.2 Å². The molecule has 1 saturated heterocycles. The lowest BCUT2D eigenvalue weighted by Crippen LogP contribution is -2.40. The third kappa shape index (κ3) is 5.13. The number of benzene rings is 2. The zero-order chi connectivity index (χ0) is 24.2. The molecule has 2 aliphatic rings. The Morgan fingerprint density at radius 3 is 2.54 bits per heavy atom. The zero-order valence-corrected chi connectivity index (χ0v) is 21.4. The summed E-state index contributed by atoms with van der Waals surface area (Å²) in [4.78, 5) is 25.8. The summed E-state index contributed by atoms with van der Waals surface area (Å²) in [5.74, 6) is 1.30. The van der Waals surface area contributed by atoms with Gasteiger partial charge in [-0.25, -0.2) is 4.98 Å². The maximum atomic E-state index is 13.6. The first-order chi connectivity index (χ1) is 17.2. The molecule has 8 heteroatoms. The quantitative estimate of drug-likeness (QED) is 0.346. The minimum atomic E-state index is 0.00951. The number of methoxy groups -OCH3 is 2. The highest BCUT2D eigenvalue weighted by molar-refractivity contribution is 8.18. The van der Waals surface area contributed by atoms with Crippen molar-refractivity contribution in [2.45, 2.75) is 38.1 Å². The number of carbonyl (C=O) groups excluding carboxylic acids is 1. The number of aliphatic imine (C=N–C) groups is 1. The van der Waals surface area contributed by atoms with E-state index in [-0.39, 0.29) is 11.9 Å². The fraction of sp³-hybridized carbons (Fsp3) is 0.296. The Hall–Kier alpha value is -3.10. The molecule has 35 heavy (non-hydrogen) atoms. The van der Waals surface area contributed by atoms with Crippen molar-refractivity contribution < 1.29 is 14.3 Å². The van der Waals surface area contributed by atoms with Crippen molar-refractivity contribution >= 4 is 45.4 Å². The van der Waals surface area contributed by atoms with Gasteiger partial charge in [0.25, 0.3) is 5.91 Å². The molecule has 2 aromatic carbocycles. The Bertz CT molecular complexity index is 1260. The summed E-state index contributed by atoms with van der Waals surface area (Å²) in [7, 11) is 3.22. The van der Waals surface area contributed by atoms with Crippen LogP contribution in [-0.4, -0.2) is 41.2 Å². The Balaban J connectivity index is 1.48. The predicted molar refractivity (Wildman–Crippen MR) is 143 cm³/mol. The number of thiazole rings is 1. The molecule has 180 valence electrons. The summed E-state index contributed by atoms with van der Waals surface area (Å²) in [5, 5.41) is 3.39. The van der Waals surface area contributed by atoms with Gasteiger partial charge in [0.05, 0.1) is 24.8 Å². The van der Waals surface area contributed by atoms with Crippen LogP contribution in [-0.2, 0) is 4.79 Å². The van der Waals surface area contributed by atoms with E-state index in [4.69, 9.17) is 19.5 Å². The molecule has 0 spiro atoms. The van der Waals surface area contributed by atoms with Crippen molar-refractivity contribution in [3.8, 4) is 22.8 Å². The second-order valence-electron chi connectivity index (χ2n) is 8.47. The van der Waals surface area contributed by atoms with E-state index in [1.807, 2.05) is 64.9 Å². The van der Waals surface area contributed by atoms with Crippen molar-refractivity contribution in [2.75, 3.05) is 14.2 Å². The van der Waals surface area contributed by atoms with Crippen LogP contribution in [0.3, 0.4) is 0 Å². The van der Waals surface area contributed by atoms with Crippen LogP contribution in [0.2, 0.25) is 0 Å². The maximum absolute atomic E-state index is 13.6. The predicted octanol–water partition coefficient (Wildman–Crippen LogP) is 6.76. The number of carbonyl (C=O) groups is 1. The lowest BCUT2D eigenvalue weighted by molar-refractivity contribution is -0.124. The standard InChI is InChI=1S/C27H27N3O3S2/c1-32-22-14-13-18(15-23(22)33-2)16-24-25(31)30(20-11-7-4-8-12-20)27(35-24)29-26-28-21(17-34-26)19-9-5-3-6-10-19/h3,5-6,9-10,13-17,20H,4,7-8,11-12H2,1-2H3/b24-16-,29-27+. The van der Waals surface area contributed by atoms with Gasteiger partial charge in [-0.2, -0.15) is 4.99 Å². The van der Waals surface area contributed by atoms with Crippen molar-refractivity contribution in [3.63, 3.8) is 0 Å². The molecule has 2 fully saturated rings. The molecule has 1 aromatic heterocycles. The summed E-state index contributed by atoms with van der Waals surface area (Å²) in [6.45, 7) is 0. The van der Waals surface area contributed by atoms with Gasteiger partial charge in [0.1, 0.15) is 0 Å². The van der Waals surface area contributed by atoms with Crippen molar-refractivity contribution in [1.29, 1.82) is 0 Å². The third-order valence-corrected chi connectivity index (χ3v) is 7.95. The second kappa shape index (κ2) is 10.7. The van der Waals surface area contributed by atoms with Crippen LogP contribution >= 0.6 is 23.1 Å². The van der Waals surface area contributed by atoms with Gasteiger partial charge in [0.2, 0.25) is 5.13 Å². The van der Waals surface area contributed by atoms with Crippen LogP contribution in [0.25, 0.3) is 17.3 Å². The normalized spacial score (nSPS) is 19.0. The van der Waals surface area contributed by atoms with Gasteiger partial charge in [-0.1, -0.05) is 55.7 Å². The first kappa shape index (κ1) is 23.6. The van der Waals surface area contributed by atoms with Gasteiger partial charge >= 0.3 is 0 Å². The number of rotatable bonds is 6. The van der Waals surface area contributed by atoms with Crippen LogP contribution in [0.5, 0.6) is 11.5 Å². The van der Waals surface area contributed by atoms with Crippen LogP contribution in [0, 0.1) is 0 Å². The molecule has 1 aliphatic carbocycles. The number of amides is 1. The molecule has 1 aliphatic heterocycles. The van der Waals surface area contributed by atoms with Crippen molar-refractivity contribution in [2.24, 2.45) is 4.99 Å². The molecule has 1 amide bonds. The highest BCUT2D eigenvalue weighted by Crippen LogP contribution is 2.40. The number of hydrogen-bond donors (Lipinski definition) is 0. The zero-order valence-electron chi connectivity index (χ0n) is 19.8. The van der Waals surface area contributed by atoms with E-state index in [9.17, 15) is 4.79 Å². The summed E-state index contributed by atoms with van der Waals surface area (Å²) >= 11 is 2.92. The minimum absolute atomic E-state index is 0.00951. The van der Waals surface area contributed by atoms with Crippen LogP contribution in [0.1, 0.15) is 37.7 Å². The Morgan fingerprint density at radius 2 is 1.80 bits per heavy atom. The Morgan fingerprint density at radius 1 is 1.03 bits per heavy atom. The second-order valence-corrected chi connectivity index (χ2v) is 10.3. The number of ether oxygens (including phenoxy) is 2. The smallest absolute Gasteiger partial charge is 0.267 e. The summed E-state index contributed by atoms with van der Waals surface area (Å²) in [6.07, 6.45) is 7.40. The molecular weight excluding hydrogens is 478 g/mol. The Labute approximate surface area is 213 Å². The largest absolute Gasteiger partial charge is 0.493 e. The molecule has 2 heterocycles. The fourth-order valence-electron chi connectivity index (χ4n) is 4.46. The number of nitrogens with zero attached hydrogens (tertiary/aromatic N) is 3. The molecule has 1 saturated carbocycles. The molecule has 6 nitrogen and oxygen atoms in total. The van der Waals surface area contributed by atoms with Gasteiger partial charge in [-0.05, 0) is 48.4 Å². The highest BCUT2D eigenvalue weighted by atomic mass is 32.2. The molecule has 3 aromatic rings. The summed E-state index contributed by atoms with van der Waals surface area (Å²) in [6, 6.07) is 15.9.